The molecule has 0 unspecified atom stereocenters. The number of ether oxygens (including phenoxy) is 2. The van der Waals surface area contributed by atoms with Gasteiger partial charge in [-0.3, -0.25) is 4.99 Å². The third-order valence-electron chi connectivity index (χ3n) is 5.99. The largest absolute Gasteiger partial charge is 0.493 e. The first-order valence-corrected chi connectivity index (χ1v) is 10.8. The van der Waals surface area contributed by atoms with Crippen LogP contribution in [0.15, 0.2) is 47.5 Å². The molecule has 5 rings (SSSR count). The number of nitrogens with zero attached hydrogens (tertiary/aromatic N) is 3. The fourth-order valence-corrected chi connectivity index (χ4v) is 5.28. The van der Waals surface area contributed by atoms with Gasteiger partial charge in [-0.2, -0.15) is 0 Å². The summed E-state index contributed by atoms with van der Waals surface area (Å²) in [5.74, 6) is 1.94. The van der Waals surface area contributed by atoms with Gasteiger partial charge in [0.1, 0.15) is 10.6 Å². The molecule has 1 fully saturated rings. The highest BCUT2D eigenvalue weighted by molar-refractivity contribution is 7.08. The van der Waals surface area contributed by atoms with Crippen molar-refractivity contribution >= 4 is 17.2 Å². The van der Waals surface area contributed by atoms with Crippen LogP contribution < -0.4 is 9.47 Å². The van der Waals surface area contributed by atoms with Gasteiger partial charge in [0.25, 0.3) is 0 Å². The fraction of sp³-hybridized carbons (Fsp3) is 0.348. The highest BCUT2D eigenvalue weighted by atomic mass is 32.1. The normalized spacial score (nSPS) is 20.4. The zero-order valence-electron chi connectivity index (χ0n) is 16.6. The van der Waals surface area contributed by atoms with Crippen LogP contribution in [-0.2, 0) is 0 Å². The van der Waals surface area contributed by atoms with Crippen LogP contribution in [0.5, 0.6) is 11.5 Å². The molecule has 29 heavy (non-hydrogen) atoms. The Kier molecular flexibility index (Phi) is 4.79. The molecule has 0 radical (unpaired) electrons. The summed E-state index contributed by atoms with van der Waals surface area (Å²) in [5, 5.41) is 4.45. The molecule has 0 N–H and O–H groups in total. The lowest BCUT2D eigenvalue weighted by Gasteiger charge is -2.35. The molecule has 3 aromatic rings. The van der Waals surface area contributed by atoms with Crippen molar-refractivity contribution in [3.05, 3.63) is 58.5 Å². The Morgan fingerprint density at radius 2 is 1.72 bits per heavy atom. The quantitative estimate of drug-likeness (QED) is 0.606. The van der Waals surface area contributed by atoms with Gasteiger partial charge in [0.05, 0.1) is 26.0 Å². The molecule has 1 aliphatic heterocycles. The molecule has 2 aromatic carbocycles. The number of fused-ring (bicyclic) bond motifs is 3. The number of benzene rings is 2. The van der Waals surface area contributed by atoms with Crippen molar-refractivity contribution in [3.8, 4) is 22.8 Å². The van der Waals surface area contributed by atoms with E-state index in [0.717, 1.165) is 51.8 Å². The average molecular weight is 406 g/mol. The van der Waals surface area contributed by atoms with Crippen molar-refractivity contribution in [1.29, 1.82) is 0 Å². The van der Waals surface area contributed by atoms with Crippen LogP contribution in [0, 0.1) is 0 Å². The summed E-state index contributed by atoms with van der Waals surface area (Å²) in [6.07, 6.45) is 4.76. The highest BCUT2D eigenvalue weighted by Gasteiger charge is 2.36. The maximum atomic E-state index is 5.61. The summed E-state index contributed by atoms with van der Waals surface area (Å²) in [7, 11) is 3.37. The Hall–Kier alpha value is -2.73. The summed E-state index contributed by atoms with van der Waals surface area (Å²) >= 11 is 1.41. The third kappa shape index (κ3) is 3.12. The van der Waals surface area contributed by atoms with Gasteiger partial charge in [0, 0.05) is 17.0 Å². The van der Waals surface area contributed by atoms with Gasteiger partial charge < -0.3 is 9.47 Å². The van der Waals surface area contributed by atoms with Crippen LogP contribution in [0.2, 0.25) is 0 Å². The molecule has 2 atom stereocenters. The maximum Gasteiger partial charge on any atom is 0.161 e. The Morgan fingerprint density at radius 3 is 2.52 bits per heavy atom. The van der Waals surface area contributed by atoms with Crippen LogP contribution in [0.3, 0.4) is 0 Å². The van der Waals surface area contributed by atoms with Crippen LogP contribution in [0.25, 0.3) is 11.3 Å². The summed E-state index contributed by atoms with van der Waals surface area (Å²) in [5.41, 5.74) is 5.37. The topological polar surface area (TPSA) is 56.6 Å². The molecule has 5 nitrogen and oxygen atoms in total. The lowest BCUT2D eigenvalue weighted by Crippen LogP contribution is -2.29. The fourth-order valence-electron chi connectivity index (χ4n) is 4.58. The van der Waals surface area contributed by atoms with Crippen molar-refractivity contribution < 1.29 is 9.47 Å². The molecule has 0 spiro atoms. The van der Waals surface area contributed by atoms with E-state index in [1.165, 1.54) is 29.9 Å². The molecular weight excluding hydrogens is 382 g/mol. The zero-order valence-corrected chi connectivity index (χ0v) is 17.4. The van der Waals surface area contributed by atoms with E-state index in [4.69, 9.17) is 14.5 Å². The minimum atomic E-state index is 0.301. The van der Waals surface area contributed by atoms with Gasteiger partial charge in [0.15, 0.2) is 11.5 Å². The molecule has 1 aliphatic carbocycles. The Morgan fingerprint density at radius 1 is 0.966 bits per heavy atom. The smallest absolute Gasteiger partial charge is 0.161 e. The molecule has 6 heteroatoms. The number of hydrogen-bond donors (Lipinski definition) is 0. The molecule has 2 aliphatic rings. The van der Waals surface area contributed by atoms with Crippen LogP contribution in [0.1, 0.15) is 47.6 Å². The van der Waals surface area contributed by atoms with Crippen LogP contribution in [-0.4, -0.2) is 35.6 Å². The second-order valence-corrected chi connectivity index (χ2v) is 8.30. The molecule has 0 amide bonds. The van der Waals surface area contributed by atoms with E-state index in [1.807, 2.05) is 18.2 Å². The lowest BCUT2D eigenvalue weighted by atomic mass is 9.75. The molecular formula is C23H23N3O2S. The van der Waals surface area contributed by atoms with Gasteiger partial charge in [-0.25, -0.2) is 0 Å². The summed E-state index contributed by atoms with van der Waals surface area (Å²) in [6.45, 7) is 0. The van der Waals surface area contributed by atoms with Crippen molar-refractivity contribution in [1.82, 2.24) is 9.59 Å². The maximum absolute atomic E-state index is 5.61. The van der Waals surface area contributed by atoms with E-state index in [1.54, 1.807) is 14.2 Å². The zero-order chi connectivity index (χ0) is 19.8. The SMILES string of the molecule is COc1cc2c(cc1OC)[C@@H]1CCCC[C@@H]1N=C2c1snnc1-c1ccccc1. The number of aliphatic imine (C=N–C) groups is 1. The lowest BCUT2D eigenvalue weighted by molar-refractivity contribution is 0.349. The minimum Gasteiger partial charge on any atom is -0.493 e. The summed E-state index contributed by atoms with van der Waals surface area (Å²) in [4.78, 5) is 6.28. The summed E-state index contributed by atoms with van der Waals surface area (Å²) in [6, 6.07) is 14.7. The van der Waals surface area contributed by atoms with Gasteiger partial charge in [-0.1, -0.05) is 47.7 Å². The van der Waals surface area contributed by atoms with E-state index in [0.29, 0.717) is 12.0 Å². The predicted molar refractivity (Wildman–Crippen MR) is 116 cm³/mol. The number of hydrogen-bond acceptors (Lipinski definition) is 6. The monoisotopic (exact) mass is 405 g/mol. The van der Waals surface area contributed by atoms with Crippen LogP contribution in [0.4, 0.5) is 0 Å². The number of methoxy groups -OCH3 is 2. The second kappa shape index (κ2) is 7.59. The van der Waals surface area contributed by atoms with E-state index >= 15 is 0 Å². The molecule has 148 valence electrons. The Bertz CT molecular complexity index is 1060. The summed E-state index contributed by atoms with van der Waals surface area (Å²) < 4.78 is 15.5. The first kappa shape index (κ1) is 18.3. The van der Waals surface area contributed by atoms with E-state index in [2.05, 4.69) is 33.9 Å². The van der Waals surface area contributed by atoms with Crippen LogP contribution >= 0.6 is 11.5 Å². The first-order valence-electron chi connectivity index (χ1n) is 10.0. The minimum absolute atomic E-state index is 0.301. The molecule has 1 aromatic heterocycles. The average Bonchev–Trinajstić information content (AvgIpc) is 3.28. The third-order valence-corrected chi connectivity index (χ3v) is 6.72. The number of rotatable bonds is 4. The van der Waals surface area contributed by atoms with Crippen molar-refractivity contribution in [2.24, 2.45) is 4.99 Å². The van der Waals surface area contributed by atoms with Gasteiger partial charge >= 0.3 is 0 Å². The van der Waals surface area contributed by atoms with Crippen molar-refractivity contribution in [3.63, 3.8) is 0 Å². The Balaban J connectivity index is 1.71. The van der Waals surface area contributed by atoms with E-state index in [9.17, 15) is 0 Å². The van der Waals surface area contributed by atoms with Gasteiger partial charge in [-0.05, 0) is 42.1 Å². The van der Waals surface area contributed by atoms with Gasteiger partial charge in [0.2, 0.25) is 0 Å². The van der Waals surface area contributed by atoms with Crippen molar-refractivity contribution in [2.75, 3.05) is 14.2 Å². The first-order chi connectivity index (χ1) is 14.3. The molecule has 0 bridgehead atoms. The van der Waals surface area contributed by atoms with Gasteiger partial charge in [-0.15, -0.1) is 5.10 Å². The van der Waals surface area contributed by atoms with E-state index < -0.39 is 0 Å². The molecule has 2 heterocycles. The van der Waals surface area contributed by atoms with E-state index in [-0.39, 0.29) is 0 Å². The second-order valence-electron chi connectivity index (χ2n) is 7.55. The number of aromatic nitrogens is 2. The van der Waals surface area contributed by atoms with Crippen molar-refractivity contribution in [2.45, 2.75) is 37.6 Å². The predicted octanol–water partition coefficient (Wildman–Crippen LogP) is 5.10. The molecule has 1 saturated carbocycles. The standard InChI is InChI=1S/C23H23N3O2S/c1-27-19-12-16-15-10-6-7-11-18(15)24-22(17(16)13-20(19)28-2)23-21(25-26-29-23)14-8-4-3-5-9-14/h3-5,8-9,12-13,15,18H,6-7,10-11H2,1-2H3/t15-,18-/m0/s1. The highest BCUT2D eigenvalue weighted by Crippen LogP contribution is 2.45. The Labute approximate surface area is 174 Å². The molecule has 0 saturated heterocycles.